The number of thiophene rings is 1. The molecule has 0 aliphatic heterocycles. The van der Waals surface area contributed by atoms with Gasteiger partial charge in [-0.1, -0.05) is 30.0 Å². The monoisotopic (exact) mass is 270 g/mol. The molecule has 1 aromatic carbocycles. The number of anilines is 1. The smallest absolute Gasteiger partial charge is 0.229 e. The highest BCUT2D eigenvalue weighted by Crippen LogP contribution is 2.15. The van der Waals surface area contributed by atoms with Crippen LogP contribution in [0.1, 0.15) is 10.4 Å². The SMILES string of the molecule is NCC#Cc1ccccc1NC(=O)Cc1cccs1. The van der Waals surface area contributed by atoms with Gasteiger partial charge >= 0.3 is 0 Å². The van der Waals surface area contributed by atoms with Gasteiger partial charge in [0.05, 0.1) is 18.7 Å². The molecule has 1 heterocycles. The van der Waals surface area contributed by atoms with Crippen LogP contribution in [-0.2, 0) is 11.2 Å². The quantitative estimate of drug-likeness (QED) is 0.840. The van der Waals surface area contributed by atoms with Crippen molar-refractivity contribution >= 4 is 22.9 Å². The Labute approximate surface area is 116 Å². The van der Waals surface area contributed by atoms with E-state index in [1.54, 1.807) is 11.3 Å². The van der Waals surface area contributed by atoms with Gasteiger partial charge in [-0.3, -0.25) is 4.79 Å². The molecule has 96 valence electrons. The highest BCUT2D eigenvalue weighted by atomic mass is 32.1. The molecule has 1 aromatic heterocycles. The van der Waals surface area contributed by atoms with Crippen molar-refractivity contribution in [2.75, 3.05) is 11.9 Å². The average molecular weight is 270 g/mol. The molecule has 0 atom stereocenters. The van der Waals surface area contributed by atoms with Crippen molar-refractivity contribution in [2.24, 2.45) is 5.73 Å². The minimum absolute atomic E-state index is 0.0375. The third kappa shape index (κ3) is 3.95. The van der Waals surface area contributed by atoms with Gasteiger partial charge in [-0.25, -0.2) is 0 Å². The molecule has 3 nitrogen and oxygen atoms in total. The van der Waals surface area contributed by atoms with E-state index in [9.17, 15) is 4.79 Å². The van der Waals surface area contributed by atoms with Gasteiger partial charge in [-0.05, 0) is 23.6 Å². The Bertz CT molecular complexity index is 609. The minimum Gasteiger partial charge on any atom is -0.325 e. The molecular formula is C15H14N2OS. The predicted octanol–water partition coefficient (Wildman–Crippen LogP) is 2.24. The number of rotatable bonds is 3. The standard InChI is InChI=1S/C15H14N2OS/c16-9-3-6-12-5-1-2-8-14(12)17-15(18)11-13-7-4-10-19-13/h1-2,4-5,7-8,10H,9,11,16H2,(H,17,18). The molecule has 2 rings (SSSR count). The van der Waals surface area contributed by atoms with Gasteiger partial charge in [0.25, 0.3) is 0 Å². The van der Waals surface area contributed by atoms with E-state index < -0.39 is 0 Å². The van der Waals surface area contributed by atoms with Crippen LogP contribution in [0.2, 0.25) is 0 Å². The van der Waals surface area contributed by atoms with Crippen molar-refractivity contribution in [1.29, 1.82) is 0 Å². The average Bonchev–Trinajstić information content (AvgIpc) is 2.90. The molecule has 3 N–H and O–H groups in total. The maximum atomic E-state index is 11.9. The van der Waals surface area contributed by atoms with Crippen molar-refractivity contribution in [3.8, 4) is 11.8 Å². The first-order valence-electron chi connectivity index (χ1n) is 5.90. The number of benzene rings is 1. The first kappa shape index (κ1) is 13.3. The fraction of sp³-hybridized carbons (Fsp3) is 0.133. The number of nitrogens with one attached hydrogen (secondary N) is 1. The van der Waals surface area contributed by atoms with Crippen molar-refractivity contribution in [1.82, 2.24) is 0 Å². The summed E-state index contributed by atoms with van der Waals surface area (Å²) in [5.41, 5.74) is 6.87. The van der Waals surface area contributed by atoms with Gasteiger partial charge in [-0.15, -0.1) is 11.3 Å². The lowest BCUT2D eigenvalue weighted by molar-refractivity contribution is -0.115. The summed E-state index contributed by atoms with van der Waals surface area (Å²) in [5.74, 6) is 5.70. The van der Waals surface area contributed by atoms with Crippen LogP contribution in [0, 0.1) is 11.8 Å². The lowest BCUT2D eigenvalue weighted by atomic mass is 10.1. The van der Waals surface area contributed by atoms with Crippen molar-refractivity contribution < 1.29 is 4.79 Å². The Kier molecular flexibility index (Phi) is 4.73. The Balaban J connectivity index is 2.08. The van der Waals surface area contributed by atoms with Crippen LogP contribution in [0.4, 0.5) is 5.69 Å². The van der Waals surface area contributed by atoms with E-state index in [0.717, 1.165) is 16.1 Å². The number of nitrogens with two attached hydrogens (primary N) is 1. The van der Waals surface area contributed by atoms with Crippen LogP contribution in [0.5, 0.6) is 0 Å². The number of carbonyl (C=O) groups excluding carboxylic acids is 1. The molecule has 0 aliphatic rings. The molecule has 0 saturated carbocycles. The Morgan fingerprint density at radius 2 is 2.11 bits per heavy atom. The Morgan fingerprint density at radius 3 is 2.84 bits per heavy atom. The second-order valence-electron chi connectivity index (χ2n) is 3.86. The second-order valence-corrected chi connectivity index (χ2v) is 4.89. The highest BCUT2D eigenvalue weighted by Gasteiger charge is 2.06. The first-order chi connectivity index (χ1) is 9.29. The first-order valence-corrected chi connectivity index (χ1v) is 6.78. The summed E-state index contributed by atoms with van der Waals surface area (Å²) in [4.78, 5) is 13.0. The van der Waals surface area contributed by atoms with Gasteiger partial charge in [0.15, 0.2) is 0 Å². The van der Waals surface area contributed by atoms with Crippen molar-refractivity contribution in [3.05, 3.63) is 52.2 Å². The van der Waals surface area contributed by atoms with Crippen LogP contribution in [-0.4, -0.2) is 12.5 Å². The number of para-hydroxylation sites is 1. The number of carbonyl (C=O) groups is 1. The lowest BCUT2D eigenvalue weighted by Gasteiger charge is -2.06. The fourth-order valence-electron chi connectivity index (χ4n) is 1.61. The lowest BCUT2D eigenvalue weighted by Crippen LogP contribution is -2.14. The minimum atomic E-state index is -0.0375. The Morgan fingerprint density at radius 1 is 1.26 bits per heavy atom. The molecule has 0 fully saturated rings. The molecule has 0 radical (unpaired) electrons. The second kappa shape index (κ2) is 6.74. The Hall–Kier alpha value is -2.09. The largest absolute Gasteiger partial charge is 0.325 e. The summed E-state index contributed by atoms with van der Waals surface area (Å²) in [7, 11) is 0. The molecular weight excluding hydrogens is 256 g/mol. The van der Waals surface area contributed by atoms with Crippen LogP contribution >= 0.6 is 11.3 Å². The zero-order valence-corrected chi connectivity index (χ0v) is 11.2. The third-order valence-electron chi connectivity index (χ3n) is 2.44. The zero-order valence-electron chi connectivity index (χ0n) is 10.3. The van der Waals surface area contributed by atoms with Crippen LogP contribution in [0.15, 0.2) is 41.8 Å². The molecule has 19 heavy (non-hydrogen) atoms. The highest BCUT2D eigenvalue weighted by molar-refractivity contribution is 7.10. The van der Waals surface area contributed by atoms with Crippen LogP contribution in [0.3, 0.4) is 0 Å². The third-order valence-corrected chi connectivity index (χ3v) is 3.32. The fourth-order valence-corrected chi connectivity index (χ4v) is 2.32. The predicted molar refractivity (Wildman–Crippen MR) is 79.0 cm³/mol. The number of hydrogen-bond donors (Lipinski definition) is 2. The molecule has 2 aromatic rings. The van der Waals surface area contributed by atoms with Gasteiger partial charge in [0.1, 0.15) is 0 Å². The van der Waals surface area contributed by atoms with E-state index in [1.165, 1.54) is 0 Å². The van der Waals surface area contributed by atoms with E-state index >= 15 is 0 Å². The summed E-state index contributed by atoms with van der Waals surface area (Å²) in [5, 5.41) is 4.84. The summed E-state index contributed by atoms with van der Waals surface area (Å²) in [6.07, 6.45) is 0.385. The number of hydrogen-bond acceptors (Lipinski definition) is 3. The molecule has 0 bridgehead atoms. The van der Waals surface area contributed by atoms with E-state index in [0.29, 0.717) is 13.0 Å². The molecule has 0 spiro atoms. The van der Waals surface area contributed by atoms with Gasteiger partial charge in [0.2, 0.25) is 5.91 Å². The summed E-state index contributed by atoms with van der Waals surface area (Å²) < 4.78 is 0. The number of amides is 1. The molecule has 0 saturated heterocycles. The topological polar surface area (TPSA) is 55.1 Å². The summed E-state index contributed by atoms with van der Waals surface area (Å²) >= 11 is 1.57. The van der Waals surface area contributed by atoms with Crippen molar-refractivity contribution in [2.45, 2.75) is 6.42 Å². The van der Waals surface area contributed by atoms with E-state index in [1.807, 2.05) is 41.8 Å². The molecule has 0 aliphatic carbocycles. The molecule has 4 heteroatoms. The molecule has 0 unspecified atom stereocenters. The van der Waals surface area contributed by atoms with E-state index in [2.05, 4.69) is 17.2 Å². The normalized spacial score (nSPS) is 9.53. The van der Waals surface area contributed by atoms with Crippen LogP contribution < -0.4 is 11.1 Å². The van der Waals surface area contributed by atoms with E-state index in [4.69, 9.17) is 5.73 Å². The van der Waals surface area contributed by atoms with Gasteiger partial charge in [-0.2, -0.15) is 0 Å². The maximum absolute atomic E-state index is 11.9. The molecule has 1 amide bonds. The van der Waals surface area contributed by atoms with Gasteiger partial charge in [0, 0.05) is 10.4 Å². The van der Waals surface area contributed by atoms with E-state index in [-0.39, 0.29) is 5.91 Å². The summed E-state index contributed by atoms with van der Waals surface area (Å²) in [6.45, 7) is 0.303. The summed E-state index contributed by atoms with van der Waals surface area (Å²) in [6, 6.07) is 11.3. The maximum Gasteiger partial charge on any atom is 0.229 e. The zero-order chi connectivity index (χ0) is 13.5. The van der Waals surface area contributed by atoms with Crippen LogP contribution in [0.25, 0.3) is 0 Å². The van der Waals surface area contributed by atoms with Crippen molar-refractivity contribution in [3.63, 3.8) is 0 Å². The van der Waals surface area contributed by atoms with Gasteiger partial charge < -0.3 is 11.1 Å².